The van der Waals surface area contributed by atoms with Gasteiger partial charge in [0.25, 0.3) is 0 Å². The van der Waals surface area contributed by atoms with Crippen LogP contribution in [0.2, 0.25) is 0 Å². The molecule has 0 saturated heterocycles. The summed E-state index contributed by atoms with van der Waals surface area (Å²) in [5.41, 5.74) is 3.76. The van der Waals surface area contributed by atoms with E-state index in [4.69, 9.17) is 9.90 Å². The summed E-state index contributed by atoms with van der Waals surface area (Å²) in [6, 6.07) is 0. The van der Waals surface area contributed by atoms with Crippen molar-refractivity contribution in [3.05, 3.63) is 46.5 Å². The summed E-state index contributed by atoms with van der Waals surface area (Å²) in [5.74, 6) is -2.99. The van der Waals surface area contributed by atoms with E-state index < -0.39 is 18.1 Å². The highest BCUT2D eigenvalue weighted by molar-refractivity contribution is 5.91. The number of nitrogens with zero attached hydrogens (tertiary/aromatic N) is 4. The Morgan fingerprint density at radius 1 is 1.07 bits per heavy atom. The maximum Gasteiger partial charge on any atom is 0.490 e. The fraction of sp³-hybridized carbons (Fsp3) is 0.353. The molecule has 150 valence electrons. The molecule has 0 amide bonds. The highest BCUT2D eigenvalue weighted by atomic mass is 19.4. The van der Waals surface area contributed by atoms with Crippen LogP contribution < -0.4 is 4.90 Å². The molecule has 0 fully saturated rings. The van der Waals surface area contributed by atoms with E-state index in [0.29, 0.717) is 36.7 Å². The van der Waals surface area contributed by atoms with Gasteiger partial charge in [0, 0.05) is 31.7 Å². The third kappa shape index (κ3) is 4.93. The van der Waals surface area contributed by atoms with Crippen LogP contribution in [-0.4, -0.2) is 49.8 Å². The molecule has 0 bridgehead atoms. The second-order valence-electron chi connectivity index (χ2n) is 6.06. The molecule has 0 aliphatic carbocycles. The van der Waals surface area contributed by atoms with Crippen LogP contribution in [0.5, 0.6) is 0 Å². The number of pyridine rings is 1. The van der Waals surface area contributed by atoms with Crippen molar-refractivity contribution in [2.24, 2.45) is 0 Å². The van der Waals surface area contributed by atoms with Gasteiger partial charge in [0.15, 0.2) is 0 Å². The highest BCUT2D eigenvalue weighted by Crippen LogP contribution is 2.25. The van der Waals surface area contributed by atoms with Crippen LogP contribution >= 0.6 is 0 Å². The first-order valence-corrected chi connectivity index (χ1v) is 8.05. The summed E-state index contributed by atoms with van der Waals surface area (Å²) in [6.45, 7) is 4.98. The number of fused-ring (bicyclic) bond motifs is 1. The number of halogens is 3. The largest absolute Gasteiger partial charge is 0.490 e. The van der Waals surface area contributed by atoms with E-state index in [1.807, 2.05) is 11.8 Å². The van der Waals surface area contributed by atoms with Crippen molar-refractivity contribution in [2.45, 2.75) is 33.0 Å². The van der Waals surface area contributed by atoms with Crippen molar-refractivity contribution >= 4 is 17.9 Å². The standard InChI is InChI=1S/C15H16N4O2.C2HF3O2/c1-9-5-17-15(18-6-9)19-4-3-12-11(8-19)7-16-10(2)13(12)14(20)21;3-2(4,5)1(6)7/h5-7H,3-4,8H2,1-2H3,(H,20,21);(H,6,7). The second-order valence-corrected chi connectivity index (χ2v) is 6.06. The Labute approximate surface area is 157 Å². The van der Waals surface area contributed by atoms with Crippen molar-refractivity contribution in [3.8, 4) is 0 Å². The van der Waals surface area contributed by atoms with Gasteiger partial charge in [0.2, 0.25) is 5.95 Å². The molecule has 11 heteroatoms. The molecular formula is C17H17F3N4O4. The zero-order valence-electron chi connectivity index (χ0n) is 15.0. The van der Waals surface area contributed by atoms with Crippen LogP contribution in [0.4, 0.5) is 19.1 Å². The van der Waals surface area contributed by atoms with Crippen molar-refractivity contribution < 1.29 is 33.0 Å². The summed E-state index contributed by atoms with van der Waals surface area (Å²) in [7, 11) is 0. The fourth-order valence-corrected chi connectivity index (χ4v) is 2.65. The van der Waals surface area contributed by atoms with Gasteiger partial charge in [0.05, 0.1) is 11.3 Å². The Hall–Kier alpha value is -3.24. The maximum atomic E-state index is 11.4. The molecule has 0 radical (unpaired) electrons. The number of aromatic carboxylic acids is 1. The lowest BCUT2D eigenvalue weighted by Crippen LogP contribution is -2.33. The zero-order chi connectivity index (χ0) is 21.1. The summed E-state index contributed by atoms with van der Waals surface area (Å²) in [4.78, 5) is 35.2. The molecule has 2 aromatic rings. The smallest absolute Gasteiger partial charge is 0.478 e. The Morgan fingerprint density at radius 2 is 1.64 bits per heavy atom. The number of hydrogen-bond donors (Lipinski definition) is 2. The third-order valence-corrected chi connectivity index (χ3v) is 3.96. The van der Waals surface area contributed by atoms with E-state index in [9.17, 15) is 23.1 Å². The van der Waals surface area contributed by atoms with E-state index in [1.54, 1.807) is 25.5 Å². The first-order chi connectivity index (χ1) is 13.0. The number of carboxylic acids is 2. The number of hydrogen-bond acceptors (Lipinski definition) is 6. The molecule has 1 aliphatic rings. The average Bonchev–Trinajstić information content (AvgIpc) is 2.61. The average molecular weight is 398 g/mol. The number of alkyl halides is 3. The minimum Gasteiger partial charge on any atom is -0.478 e. The first kappa shape index (κ1) is 21.1. The van der Waals surface area contributed by atoms with Crippen LogP contribution in [0, 0.1) is 13.8 Å². The van der Waals surface area contributed by atoms with Crippen LogP contribution in [0.25, 0.3) is 0 Å². The number of aliphatic carboxylic acids is 1. The van der Waals surface area contributed by atoms with Crippen LogP contribution in [0.1, 0.15) is 32.7 Å². The molecule has 0 unspecified atom stereocenters. The van der Waals surface area contributed by atoms with Crippen molar-refractivity contribution in [1.82, 2.24) is 15.0 Å². The van der Waals surface area contributed by atoms with Gasteiger partial charge in [-0.1, -0.05) is 0 Å². The Kier molecular flexibility index (Phi) is 6.16. The topological polar surface area (TPSA) is 117 Å². The van der Waals surface area contributed by atoms with Gasteiger partial charge in [0.1, 0.15) is 0 Å². The summed E-state index contributed by atoms with van der Waals surface area (Å²) in [5, 5.41) is 16.5. The molecule has 1 aliphatic heterocycles. The second kappa shape index (κ2) is 8.19. The van der Waals surface area contributed by atoms with E-state index in [0.717, 1.165) is 16.7 Å². The number of carbonyl (C=O) groups is 2. The van der Waals surface area contributed by atoms with Gasteiger partial charge in [-0.2, -0.15) is 13.2 Å². The fourth-order valence-electron chi connectivity index (χ4n) is 2.65. The maximum absolute atomic E-state index is 11.4. The van der Waals surface area contributed by atoms with Gasteiger partial charge in [-0.25, -0.2) is 19.6 Å². The number of rotatable bonds is 2. The van der Waals surface area contributed by atoms with Gasteiger partial charge in [-0.3, -0.25) is 4.98 Å². The van der Waals surface area contributed by atoms with Gasteiger partial charge >= 0.3 is 18.1 Å². The Morgan fingerprint density at radius 3 is 2.14 bits per heavy atom. The molecular weight excluding hydrogens is 381 g/mol. The number of carboxylic acid groups (broad SMARTS) is 2. The minimum atomic E-state index is -5.08. The lowest BCUT2D eigenvalue weighted by molar-refractivity contribution is -0.192. The first-order valence-electron chi connectivity index (χ1n) is 8.05. The van der Waals surface area contributed by atoms with Gasteiger partial charge < -0.3 is 15.1 Å². The molecule has 28 heavy (non-hydrogen) atoms. The molecule has 2 N–H and O–H groups in total. The quantitative estimate of drug-likeness (QED) is 0.792. The summed E-state index contributed by atoms with van der Waals surface area (Å²) < 4.78 is 31.7. The van der Waals surface area contributed by atoms with Crippen LogP contribution in [0.15, 0.2) is 18.6 Å². The highest BCUT2D eigenvalue weighted by Gasteiger charge is 2.38. The van der Waals surface area contributed by atoms with Crippen molar-refractivity contribution in [3.63, 3.8) is 0 Å². The van der Waals surface area contributed by atoms with E-state index in [2.05, 4.69) is 15.0 Å². The van der Waals surface area contributed by atoms with Crippen molar-refractivity contribution in [1.29, 1.82) is 0 Å². The van der Waals surface area contributed by atoms with Crippen LogP contribution in [0.3, 0.4) is 0 Å². The molecule has 2 aromatic heterocycles. The third-order valence-electron chi connectivity index (χ3n) is 3.96. The lowest BCUT2D eigenvalue weighted by Gasteiger charge is -2.29. The molecule has 8 nitrogen and oxygen atoms in total. The number of aromatic nitrogens is 3. The monoisotopic (exact) mass is 398 g/mol. The molecule has 0 saturated carbocycles. The summed E-state index contributed by atoms with van der Waals surface area (Å²) >= 11 is 0. The summed E-state index contributed by atoms with van der Waals surface area (Å²) in [6.07, 6.45) is 0.914. The Balaban J connectivity index is 0.000000345. The van der Waals surface area contributed by atoms with Crippen molar-refractivity contribution in [2.75, 3.05) is 11.4 Å². The SMILES string of the molecule is Cc1cnc(N2CCc3c(cnc(C)c3C(=O)O)C2)nc1.O=C(O)C(F)(F)F. The molecule has 0 atom stereocenters. The Bertz CT molecular complexity index is 885. The minimum absolute atomic E-state index is 0.344. The predicted molar refractivity (Wildman–Crippen MR) is 91.1 cm³/mol. The van der Waals surface area contributed by atoms with Gasteiger partial charge in [-0.15, -0.1) is 0 Å². The molecule has 3 heterocycles. The van der Waals surface area contributed by atoms with Gasteiger partial charge in [-0.05, 0) is 37.0 Å². The normalized spacial score (nSPS) is 13.2. The molecule has 0 spiro atoms. The molecule has 0 aromatic carbocycles. The number of aryl methyl sites for hydroxylation is 2. The predicted octanol–water partition coefficient (Wildman–Crippen LogP) is 2.38. The van der Waals surface area contributed by atoms with Crippen LogP contribution in [-0.2, 0) is 17.8 Å². The molecule has 3 rings (SSSR count). The van der Waals surface area contributed by atoms with E-state index in [-0.39, 0.29) is 0 Å². The lowest BCUT2D eigenvalue weighted by atomic mass is 9.95. The number of anilines is 1. The zero-order valence-corrected chi connectivity index (χ0v) is 15.0. The van der Waals surface area contributed by atoms with E-state index >= 15 is 0 Å². The van der Waals surface area contributed by atoms with E-state index in [1.165, 1.54) is 0 Å².